The second-order valence-electron chi connectivity index (χ2n) is 7.16. The highest BCUT2D eigenvalue weighted by Crippen LogP contribution is 2.24. The van der Waals surface area contributed by atoms with Crippen molar-refractivity contribution in [2.24, 2.45) is 0 Å². The summed E-state index contributed by atoms with van der Waals surface area (Å²) in [6, 6.07) is 10.4. The first-order valence-corrected chi connectivity index (χ1v) is 9.48. The minimum Gasteiger partial charge on any atom is -0.477 e. The fourth-order valence-corrected chi connectivity index (χ4v) is 3.95. The molecule has 144 valence electrons. The van der Waals surface area contributed by atoms with Crippen molar-refractivity contribution in [2.75, 3.05) is 19.6 Å². The van der Waals surface area contributed by atoms with Crippen molar-refractivity contribution in [2.45, 2.75) is 39.2 Å². The Morgan fingerprint density at radius 1 is 1.15 bits per heavy atom. The number of nitrogens with zero attached hydrogens (tertiary/aromatic N) is 1. The van der Waals surface area contributed by atoms with Crippen LogP contribution in [0.2, 0.25) is 0 Å². The van der Waals surface area contributed by atoms with Crippen molar-refractivity contribution >= 4 is 11.9 Å². The standard InChI is InChI=1S/C21H27N3O3/c1-14-18(15(2)23-19(14)21(26)27)20(25)22-13-17(16-9-5-3-6-10-16)24-11-7-4-8-12-24/h3,5-6,9-10,17,23H,4,7-8,11-13H2,1-2H3,(H,22,25)(H,26,27)/t17-/m0/s1. The van der Waals surface area contributed by atoms with Crippen LogP contribution in [0, 0.1) is 13.8 Å². The lowest BCUT2D eigenvalue weighted by atomic mass is 10.0. The van der Waals surface area contributed by atoms with Gasteiger partial charge in [-0.2, -0.15) is 0 Å². The summed E-state index contributed by atoms with van der Waals surface area (Å²) >= 11 is 0. The molecule has 1 fully saturated rings. The molecule has 1 aliphatic rings. The van der Waals surface area contributed by atoms with Gasteiger partial charge in [0.25, 0.3) is 5.91 Å². The number of carboxylic acids is 1. The third-order valence-corrected chi connectivity index (χ3v) is 5.35. The third-order valence-electron chi connectivity index (χ3n) is 5.35. The first kappa shape index (κ1) is 19.2. The number of aromatic amines is 1. The fourth-order valence-electron chi connectivity index (χ4n) is 3.95. The monoisotopic (exact) mass is 369 g/mol. The van der Waals surface area contributed by atoms with Crippen molar-refractivity contribution < 1.29 is 14.7 Å². The molecule has 1 saturated heterocycles. The Balaban J connectivity index is 1.77. The first-order chi connectivity index (χ1) is 13.0. The molecule has 0 bridgehead atoms. The lowest BCUT2D eigenvalue weighted by molar-refractivity contribution is 0.0690. The number of hydrogen-bond acceptors (Lipinski definition) is 3. The highest BCUT2D eigenvalue weighted by atomic mass is 16.4. The summed E-state index contributed by atoms with van der Waals surface area (Å²) in [6.07, 6.45) is 3.61. The number of H-pyrrole nitrogens is 1. The minimum atomic E-state index is -1.05. The Morgan fingerprint density at radius 2 is 1.81 bits per heavy atom. The number of aromatic carboxylic acids is 1. The lowest BCUT2D eigenvalue weighted by Gasteiger charge is -2.35. The zero-order valence-corrected chi connectivity index (χ0v) is 15.9. The van der Waals surface area contributed by atoms with Crippen LogP contribution in [-0.4, -0.2) is 46.5 Å². The molecule has 1 aromatic heterocycles. The number of hydrogen-bond donors (Lipinski definition) is 3. The number of benzene rings is 1. The van der Waals surface area contributed by atoms with E-state index >= 15 is 0 Å². The van der Waals surface area contributed by atoms with Crippen LogP contribution < -0.4 is 5.32 Å². The Bertz CT molecular complexity index is 808. The molecule has 2 aromatic rings. The van der Waals surface area contributed by atoms with Crippen LogP contribution in [0.5, 0.6) is 0 Å². The normalized spacial score (nSPS) is 16.1. The molecular formula is C21H27N3O3. The molecule has 6 heteroatoms. The van der Waals surface area contributed by atoms with Crippen molar-refractivity contribution in [3.05, 3.63) is 58.4 Å². The van der Waals surface area contributed by atoms with E-state index in [9.17, 15) is 14.7 Å². The summed E-state index contributed by atoms with van der Waals surface area (Å²) in [7, 11) is 0. The molecule has 3 N–H and O–H groups in total. The average molecular weight is 369 g/mol. The van der Waals surface area contributed by atoms with Crippen LogP contribution in [-0.2, 0) is 0 Å². The van der Waals surface area contributed by atoms with E-state index in [0.29, 0.717) is 23.4 Å². The molecule has 0 spiro atoms. The molecule has 0 saturated carbocycles. The topological polar surface area (TPSA) is 85.4 Å². The molecule has 3 rings (SSSR count). The van der Waals surface area contributed by atoms with Crippen LogP contribution in [0.25, 0.3) is 0 Å². The van der Waals surface area contributed by atoms with Gasteiger partial charge in [0.15, 0.2) is 0 Å². The van der Waals surface area contributed by atoms with Gasteiger partial charge < -0.3 is 15.4 Å². The van der Waals surface area contributed by atoms with Crippen LogP contribution >= 0.6 is 0 Å². The molecule has 1 atom stereocenters. The van der Waals surface area contributed by atoms with Crippen LogP contribution in [0.15, 0.2) is 30.3 Å². The van der Waals surface area contributed by atoms with Gasteiger partial charge in [-0.25, -0.2) is 4.79 Å². The van der Waals surface area contributed by atoms with E-state index in [2.05, 4.69) is 27.3 Å². The maximum Gasteiger partial charge on any atom is 0.352 e. The van der Waals surface area contributed by atoms with Gasteiger partial charge in [-0.05, 0) is 50.9 Å². The lowest BCUT2D eigenvalue weighted by Crippen LogP contribution is -2.40. The largest absolute Gasteiger partial charge is 0.477 e. The Kier molecular flexibility index (Phi) is 5.96. The molecular weight excluding hydrogens is 342 g/mol. The number of carbonyl (C=O) groups is 2. The maximum atomic E-state index is 12.8. The van der Waals surface area contributed by atoms with Gasteiger partial charge in [-0.1, -0.05) is 36.8 Å². The number of nitrogens with one attached hydrogen (secondary N) is 2. The smallest absolute Gasteiger partial charge is 0.352 e. The number of aromatic nitrogens is 1. The first-order valence-electron chi connectivity index (χ1n) is 9.48. The molecule has 0 radical (unpaired) electrons. The maximum absolute atomic E-state index is 12.8. The molecule has 1 aromatic carbocycles. The highest BCUT2D eigenvalue weighted by molar-refractivity contribution is 6.00. The molecule has 27 heavy (non-hydrogen) atoms. The van der Waals surface area contributed by atoms with E-state index in [1.807, 2.05) is 18.2 Å². The zero-order chi connectivity index (χ0) is 19.4. The number of carboxylic acid groups (broad SMARTS) is 1. The predicted molar refractivity (Wildman–Crippen MR) is 104 cm³/mol. The third kappa shape index (κ3) is 4.22. The van der Waals surface area contributed by atoms with Gasteiger partial charge in [0, 0.05) is 12.2 Å². The highest BCUT2D eigenvalue weighted by Gasteiger charge is 2.25. The Morgan fingerprint density at radius 3 is 2.41 bits per heavy atom. The van der Waals surface area contributed by atoms with Crippen LogP contribution in [0.3, 0.4) is 0 Å². The van der Waals surface area contributed by atoms with Gasteiger partial charge in [-0.15, -0.1) is 0 Å². The van der Waals surface area contributed by atoms with Crippen LogP contribution in [0.4, 0.5) is 0 Å². The zero-order valence-electron chi connectivity index (χ0n) is 15.9. The Hall–Kier alpha value is -2.60. The summed E-state index contributed by atoms with van der Waals surface area (Å²) < 4.78 is 0. The van der Waals surface area contributed by atoms with Gasteiger partial charge in [0.1, 0.15) is 5.69 Å². The van der Waals surface area contributed by atoms with E-state index in [1.54, 1.807) is 13.8 Å². The fraction of sp³-hybridized carbons (Fsp3) is 0.429. The molecule has 0 unspecified atom stereocenters. The number of piperidine rings is 1. The number of likely N-dealkylation sites (tertiary alicyclic amines) is 1. The minimum absolute atomic E-state index is 0.0771. The number of rotatable bonds is 6. The van der Waals surface area contributed by atoms with E-state index in [1.165, 1.54) is 24.8 Å². The molecule has 6 nitrogen and oxygen atoms in total. The van der Waals surface area contributed by atoms with Crippen molar-refractivity contribution in [3.8, 4) is 0 Å². The van der Waals surface area contributed by atoms with Gasteiger partial charge >= 0.3 is 5.97 Å². The molecule has 2 heterocycles. The number of carbonyl (C=O) groups excluding carboxylic acids is 1. The quantitative estimate of drug-likeness (QED) is 0.729. The van der Waals surface area contributed by atoms with Crippen molar-refractivity contribution in [1.29, 1.82) is 0 Å². The van der Waals surface area contributed by atoms with Gasteiger partial charge in [0.05, 0.1) is 11.6 Å². The van der Waals surface area contributed by atoms with E-state index in [0.717, 1.165) is 13.1 Å². The predicted octanol–water partition coefficient (Wildman–Crippen LogP) is 3.29. The van der Waals surface area contributed by atoms with E-state index in [-0.39, 0.29) is 17.6 Å². The van der Waals surface area contributed by atoms with E-state index in [4.69, 9.17) is 0 Å². The summed E-state index contributed by atoms with van der Waals surface area (Å²) in [4.78, 5) is 29.3. The van der Waals surface area contributed by atoms with Crippen molar-refractivity contribution in [1.82, 2.24) is 15.2 Å². The van der Waals surface area contributed by atoms with Gasteiger partial charge in [-0.3, -0.25) is 9.69 Å². The second-order valence-corrected chi connectivity index (χ2v) is 7.16. The van der Waals surface area contributed by atoms with Crippen molar-refractivity contribution in [3.63, 3.8) is 0 Å². The van der Waals surface area contributed by atoms with Crippen LogP contribution in [0.1, 0.15) is 63.0 Å². The SMILES string of the molecule is Cc1[nH]c(C(=O)O)c(C)c1C(=O)NC[C@@H](c1ccccc1)N1CCCCC1. The number of amides is 1. The summed E-state index contributed by atoms with van der Waals surface area (Å²) in [5.41, 5.74) is 2.75. The number of aryl methyl sites for hydroxylation is 1. The average Bonchev–Trinajstić information content (AvgIpc) is 2.98. The second kappa shape index (κ2) is 8.39. The van der Waals surface area contributed by atoms with Gasteiger partial charge in [0.2, 0.25) is 0 Å². The molecule has 1 aliphatic heterocycles. The summed E-state index contributed by atoms with van der Waals surface area (Å²) in [5, 5.41) is 12.3. The molecule has 1 amide bonds. The Labute approximate surface area is 159 Å². The molecule has 0 aliphatic carbocycles. The summed E-state index contributed by atoms with van der Waals surface area (Å²) in [6.45, 7) is 5.95. The van der Waals surface area contributed by atoms with E-state index < -0.39 is 5.97 Å². The summed E-state index contributed by atoms with van der Waals surface area (Å²) in [5.74, 6) is -1.28.